The molecule has 4 aromatic rings. The van der Waals surface area contributed by atoms with E-state index in [9.17, 15) is 8.78 Å². The summed E-state index contributed by atoms with van der Waals surface area (Å²) in [7, 11) is 0. The molecule has 4 rings (SSSR count). The number of hydrogen-bond acceptors (Lipinski definition) is 8. The van der Waals surface area contributed by atoms with Crippen LogP contribution in [0.1, 0.15) is 18.1 Å². The molecule has 0 saturated heterocycles. The maximum Gasteiger partial charge on any atom is 0.299 e. The van der Waals surface area contributed by atoms with Crippen LogP contribution in [0.4, 0.5) is 14.6 Å². The summed E-state index contributed by atoms with van der Waals surface area (Å²) in [5, 5.41) is 18.1. The highest BCUT2D eigenvalue weighted by atomic mass is 19.3. The van der Waals surface area contributed by atoms with Crippen molar-refractivity contribution in [2.45, 2.75) is 12.8 Å². The van der Waals surface area contributed by atoms with Gasteiger partial charge in [-0.2, -0.15) is 9.50 Å². The Kier molecular flexibility index (Phi) is 4.17. The van der Waals surface area contributed by atoms with Gasteiger partial charge in [-0.3, -0.25) is 4.98 Å². The van der Waals surface area contributed by atoms with Crippen LogP contribution in [0.5, 0.6) is 0 Å². The third-order valence-electron chi connectivity index (χ3n) is 3.49. The van der Waals surface area contributed by atoms with Gasteiger partial charge in [0, 0.05) is 19.2 Å². The van der Waals surface area contributed by atoms with E-state index in [-0.39, 0.29) is 5.65 Å². The highest BCUT2D eigenvalue weighted by molar-refractivity contribution is 5.45. The zero-order chi connectivity index (χ0) is 17.9. The highest BCUT2D eigenvalue weighted by Crippen LogP contribution is 2.17. The van der Waals surface area contributed by atoms with Gasteiger partial charge in [0.1, 0.15) is 11.5 Å². The standard InChI is InChI=1S/C15H12F2N8O/c16-13(17)14-22-21-12-5-4-10(23-25(12)14)19-8-6-11-20-15(26-24-11)9-3-1-2-7-18-9/h1-5,7,13H,6,8H2,(H,19,23). The van der Waals surface area contributed by atoms with Crippen LogP contribution in [0.15, 0.2) is 41.1 Å². The fourth-order valence-corrected chi connectivity index (χ4v) is 2.29. The van der Waals surface area contributed by atoms with Crippen molar-refractivity contribution in [2.75, 3.05) is 11.9 Å². The lowest BCUT2D eigenvalue weighted by atomic mass is 10.3. The van der Waals surface area contributed by atoms with Gasteiger partial charge in [0.25, 0.3) is 12.3 Å². The van der Waals surface area contributed by atoms with Gasteiger partial charge < -0.3 is 9.84 Å². The molecule has 0 radical (unpaired) electrons. The molecule has 11 heteroatoms. The Balaban J connectivity index is 1.41. The van der Waals surface area contributed by atoms with Crippen LogP contribution in [-0.4, -0.2) is 41.5 Å². The lowest BCUT2D eigenvalue weighted by Gasteiger charge is -2.04. The molecule has 0 fully saturated rings. The van der Waals surface area contributed by atoms with E-state index in [1.807, 2.05) is 6.07 Å². The lowest BCUT2D eigenvalue weighted by molar-refractivity contribution is 0.137. The molecule has 0 spiro atoms. The number of aromatic nitrogens is 7. The number of nitrogens with one attached hydrogen (secondary N) is 1. The lowest BCUT2D eigenvalue weighted by Crippen LogP contribution is -2.09. The fourth-order valence-electron chi connectivity index (χ4n) is 2.29. The van der Waals surface area contributed by atoms with Gasteiger partial charge in [-0.15, -0.1) is 15.3 Å². The molecule has 0 aliphatic heterocycles. The normalized spacial score (nSPS) is 11.3. The number of fused-ring (bicyclic) bond motifs is 1. The van der Waals surface area contributed by atoms with E-state index in [4.69, 9.17) is 4.52 Å². The highest BCUT2D eigenvalue weighted by Gasteiger charge is 2.17. The van der Waals surface area contributed by atoms with Gasteiger partial charge in [0.15, 0.2) is 11.5 Å². The smallest absolute Gasteiger partial charge is 0.299 e. The summed E-state index contributed by atoms with van der Waals surface area (Å²) in [5.41, 5.74) is 0.850. The first-order valence-electron chi connectivity index (χ1n) is 7.69. The molecule has 4 heterocycles. The van der Waals surface area contributed by atoms with Crippen molar-refractivity contribution in [1.29, 1.82) is 0 Å². The van der Waals surface area contributed by atoms with Crippen LogP contribution in [0.25, 0.3) is 17.2 Å². The van der Waals surface area contributed by atoms with Gasteiger partial charge in [0.2, 0.25) is 5.82 Å². The number of rotatable bonds is 6. The number of halogens is 2. The summed E-state index contributed by atoms with van der Waals surface area (Å²) in [4.78, 5) is 8.40. The van der Waals surface area contributed by atoms with Crippen molar-refractivity contribution in [3.63, 3.8) is 0 Å². The average molecular weight is 358 g/mol. The van der Waals surface area contributed by atoms with Gasteiger partial charge in [-0.05, 0) is 24.3 Å². The van der Waals surface area contributed by atoms with E-state index in [0.29, 0.717) is 36.2 Å². The summed E-state index contributed by atoms with van der Waals surface area (Å²) in [5.74, 6) is 0.748. The molecule has 132 valence electrons. The van der Waals surface area contributed by atoms with Crippen LogP contribution >= 0.6 is 0 Å². The monoisotopic (exact) mass is 358 g/mol. The van der Waals surface area contributed by atoms with E-state index in [1.165, 1.54) is 0 Å². The summed E-state index contributed by atoms with van der Waals surface area (Å²) >= 11 is 0. The van der Waals surface area contributed by atoms with Crippen LogP contribution in [0, 0.1) is 0 Å². The Bertz CT molecular complexity index is 1020. The molecule has 0 bridgehead atoms. The summed E-state index contributed by atoms with van der Waals surface area (Å²) in [6, 6.07) is 8.59. The van der Waals surface area contributed by atoms with Crippen LogP contribution in [0.3, 0.4) is 0 Å². The minimum Gasteiger partial charge on any atom is -0.368 e. The Morgan fingerprint density at radius 3 is 2.88 bits per heavy atom. The van der Waals surface area contributed by atoms with Gasteiger partial charge in [-0.1, -0.05) is 11.2 Å². The largest absolute Gasteiger partial charge is 0.368 e. The predicted octanol–water partition coefficient (Wildman–Crippen LogP) is 2.16. The van der Waals surface area contributed by atoms with Crippen LogP contribution in [-0.2, 0) is 6.42 Å². The first kappa shape index (κ1) is 16.0. The van der Waals surface area contributed by atoms with E-state index >= 15 is 0 Å². The van der Waals surface area contributed by atoms with E-state index in [2.05, 4.69) is 35.7 Å². The number of hydrogen-bond donors (Lipinski definition) is 1. The summed E-state index contributed by atoms with van der Waals surface area (Å²) < 4.78 is 31.9. The molecule has 0 unspecified atom stereocenters. The van der Waals surface area contributed by atoms with E-state index in [1.54, 1.807) is 30.5 Å². The molecule has 0 aliphatic carbocycles. The van der Waals surface area contributed by atoms with E-state index < -0.39 is 12.2 Å². The molecule has 4 aromatic heterocycles. The second-order valence-electron chi connectivity index (χ2n) is 5.25. The summed E-state index contributed by atoms with van der Waals surface area (Å²) in [6.45, 7) is 0.436. The predicted molar refractivity (Wildman–Crippen MR) is 85.5 cm³/mol. The van der Waals surface area contributed by atoms with Crippen molar-refractivity contribution in [3.8, 4) is 11.6 Å². The molecule has 0 aromatic carbocycles. The van der Waals surface area contributed by atoms with Gasteiger partial charge in [-0.25, -0.2) is 8.78 Å². The first-order chi connectivity index (χ1) is 12.7. The molecular weight excluding hydrogens is 346 g/mol. The minimum absolute atomic E-state index is 0.254. The SMILES string of the molecule is FC(F)c1nnc2ccc(NCCc3noc(-c4ccccn4)n3)nn12. The molecule has 0 saturated carbocycles. The molecule has 0 aliphatic rings. The maximum absolute atomic E-state index is 12.9. The summed E-state index contributed by atoms with van der Waals surface area (Å²) in [6.07, 6.45) is -0.654. The van der Waals surface area contributed by atoms with Crippen molar-refractivity contribution < 1.29 is 13.3 Å². The molecule has 26 heavy (non-hydrogen) atoms. The Morgan fingerprint density at radius 2 is 2.08 bits per heavy atom. The fraction of sp³-hybridized carbons (Fsp3) is 0.200. The quantitative estimate of drug-likeness (QED) is 0.559. The second kappa shape index (κ2) is 6.78. The third kappa shape index (κ3) is 3.18. The number of nitrogens with zero attached hydrogens (tertiary/aromatic N) is 7. The number of anilines is 1. The van der Waals surface area contributed by atoms with Gasteiger partial charge in [0.05, 0.1) is 0 Å². The topological polar surface area (TPSA) is 107 Å². The molecule has 9 nitrogen and oxygen atoms in total. The van der Waals surface area contributed by atoms with E-state index in [0.717, 1.165) is 4.52 Å². The third-order valence-corrected chi connectivity index (χ3v) is 3.49. The molecular formula is C15H12F2N8O. The Labute approximate surface area is 145 Å². The minimum atomic E-state index is -2.75. The maximum atomic E-state index is 12.9. The molecule has 1 N–H and O–H groups in total. The molecule has 0 atom stereocenters. The van der Waals surface area contributed by atoms with Gasteiger partial charge >= 0.3 is 0 Å². The zero-order valence-corrected chi connectivity index (χ0v) is 13.3. The van der Waals surface area contributed by atoms with Crippen molar-refractivity contribution in [2.24, 2.45) is 0 Å². The Morgan fingerprint density at radius 1 is 1.15 bits per heavy atom. The van der Waals surface area contributed by atoms with Crippen molar-refractivity contribution in [1.82, 2.24) is 34.9 Å². The number of alkyl halides is 2. The first-order valence-corrected chi connectivity index (χ1v) is 7.69. The van der Waals surface area contributed by atoms with Crippen LogP contribution < -0.4 is 5.32 Å². The second-order valence-corrected chi connectivity index (χ2v) is 5.25. The molecule has 0 amide bonds. The van der Waals surface area contributed by atoms with Crippen LogP contribution in [0.2, 0.25) is 0 Å². The van der Waals surface area contributed by atoms with Crippen molar-refractivity contribution in [3.05, 3.63) is 48.2 Å². The number of pyridine rings is 1. The Hall–Kier alpha value is -3.50. The average Bonchev–Trinajstić information content (AvgIpc) is 3.29. The van der Waals surface area contributed by atoms with Crippen molar-refractivity contribution >= 4 is 11.5 Å². The zero-order valence-electron chi connectivity index (χ0n) is 13.3.